The quantitative estimate of drug-likeness (QED) is 0.666. The van der Waals surface area contributed by atoms with Crippen molar-refractivity contribution in [2.24, 2.45) is 0 Å². The van der Waals surface area contributed by atoms with Crippen LogP contribution in [0.4, 0.5) is 0 Å². The zero-order valence-corrected chi connectivity index (χ0v) is 7.38. The summed E-state index contributed by atoms with van der Waals surface area (Å²) in [5.74, 6) is 0. The lowest BCUT2D eigenvalue weighted by Crippen LogP contribution is -2.08. The molecular formula is C12H11N. The van der Waals surface area contributed by atoms with Crippen molar-refractivity contribution in [2.45, 2.75) is 0 Å². The molecule has 0 amide bonds. The SMILES string of the molecule is C=c1ccc(=C)c(-c2ccc[nH]2)c1. The molecule has 2 aromatic rings. The van der Waals surface area contributed by atoms with E-state index in [2.05, 4.69) is 18.1 Å². The van der Waals surface area contributed by atoms with Gasteiger partial charge in [-0.2, -0.15) is 0 Å². The Morgan fingerprint density at radius 1 is 1.08 bits per heavy atom. The second-order valence-electron chi connectivity index (χ2n) is 3.08. The van der Waals surface area contributed by atoms with Gasteiger partial charge in [-0.15, -0.1) is 0 Å². The molecule has 0 atom stereocenters. The molecule has 1 heteroatoms. The smallest absolute Gasteiger partial charge is 0.0459 e. The van der Waals surface area contributed by atoms with Crippen LogP contribution in [0.25, 0.3) is 24.4 Å². The molecule has 0 unspecified atom stereocenters. The van der Waals surface area contributed by atoms with Crippen LogP contribution in [-0.2, 0) is 0 Å². The van der Waals surface area contributed by atoms with E-state index < -0.39 is 0 Å². The van der Waals surface area contributed by atoms with Crippen LogP contribution in [0.3, 0.4) is 0 Å². The van der Waals surface area contributed by atoms with Gasteiger partial charge >= 0.3 is 0 Å². The fourth-order valence-electron chi connectivity index (χ4n) is 1.37. The van der Waals surface area contributed by atoms with E-state index in [4.69, 9.17) is 0 Å². The molecule has 0 aliphatic heterocycles. The Bertz CT molecular complexity index is 494. The average molecular weight is 169 g/mol. The maximum absolute atomic E-state index is 3.97. The number of hydrogen-bond donors (Lipinski definition) is 1. The highest BCUT2D eigenvalue weighted by atomic mass is 14.7. The van der Waals surface area contributed by atoms with E-state index in [1.807, 2.05) is 36.5 Å². The summed E-state index contributed by atoms with van der Waals surface area (Å²) < 4.78 is 0. The summed E-state index contributed by atoms with van der Waals surface area (Å²) in [7, 11) is 0. The lowest BCUT2D eigenvalue weighted by molar-refractivity contribution is 1.38. The average Bonchev–Trinajstić information content (AvgIpc) is 2.61. The van der Waals surface area contributed by atoms with Crippen molar-refractivity contribution in [3.05, 3.63) is 47.0 Å². The highest BCUT2D eigenvalue weighted by Crippen LogP contribution is 2.09. The van der Waals surface area contributed by atoms with Gasteiger partial charge in [-0.3, -0.25) is 0 Å². The van der Waals surface area contributed by atoms with Crippen LogP contribution in [0.2, 0.25) is 0 Å². The first-order valence-electron chi connectivity index (χ1n) is 4.19. The maximum atomic E-state index is 3.97. The fraction of sp³-hybridized carbons (Fsp3) is 0. The number of rotatable bonds is 1. The molecule has 0 aliphatic rings. The third-order valence-electron chi connectivity index (χ3n) is 2.06. The monoisotopic (exact) mass is 169 g/mol. The third-order valence-corrected chi connectivity index (χ3v) is 2.06. The minimum absolute atomic E-state index is 1.01. The van der Waals surface area contributed by atoms with Crippen molar-refractivity contribution in [2.75, 3.05) is 0 Å². The van der Waals surface area contributed by atoms with E-state index in [0.717, 1.165) is 21.7 Å². The van der Waals surface area contributed by atoms with Crippen molar-refractivity contribution < 1.29 is 0 Å². The minimum Gasteiger partial charge on any atom is -0.361 e. The minimum atomic E-state index is 1.01. The van der Waals surface area contributed by atoms with Gasteiger partial charge in [-0.1, -0.05) is 25.3 Å². The molecule has 0 radical (unpaired) electrons. The van der Waals surface area contributed by atoms with E-state index in [9.17, 15) is 0 Å². The topological polar surface area (TPSA) is 15.8 Å². The Balaban J connectivity index is 2.71. The van der Waals surface area contributed by atoms with E-state index in [1.165, 1.54) is 0 Å². The predicted octanol–water partition coefficient (Wildman–Crippen LogP) is 1.50. The number of hydrogen-bond acceptors (Lipinski definition) is 0. The maximum Gasteiger partial charge on any atom is 0.0459 e. The number of benzene rings is 1. The molecule has 13 heavy (non-hydrogen) atoms. The van der Waals surface area contributed by atoms with Crippen molar-refractivity contribution in [1.82, 2.24) is 4.98 Å². The molecule has 1 heterocycles. The van der Waals surface area contributed by atoms with Gasteiger partial charge in [0, 0.05) is 17.5 Å². The number of H-pyrrole nitrogens is 1. The predicted molar refractivity (Wildman–Crippen MR) is 56.5 cm³/mol. The van der Waals surface area contributed by atoms with Crippen molar-refractivity contribution in [3.8, 4) is 11.3 Å². The van der Waals surface area contributed by atoms with E-state index in [0.29, 0.717) is 0 Å². The molecule has 1 aromatic carbocycles. The molecule has 1 aromatic heterocycles. The number of aromatic amines is 1. The summed E-state index contributed by atoms with van der Waals surface area (Å²) in [5.41, 5.74) is 2.22. The first-order chi connectivity index (χ1) is 6.27. The van der Waals surface area contributed by atoms with Gasteiger partial charge in [0.15, 0.2) is 0 Å². The Morgan fingerprint density at radius 3 is 2.62 bits per heavy atom. The van der Waals surface area contributed by atoms with Gasteiger partial charge in [0.05, 0.1) is 0 Å². The molecule has 0 saturated carbocycles. The standard InChI is InChI=1S/C12H11N/c1-9-5-6-10(2)11(8-9)12-4-3-7-13-12/h3-8,13H,1-2H2. The second-order valence-corrected chi connectivity index (χ2v) is 3.08. The molecule has 1 N–H and O–H groups in total. The molecule has 0 bridgehead atoms. The summed E-state index contributed by atoms with van der Waals surface area (Å²) >= 11 is 0. The summed E-state index contributed by atoms with van der Waals surface area (Å²) in [6.45, 7) is 7.86. The molecule has 0 saturated heterocycles. The van der Waals surface area contributed by atoms with Crippen molar-refractivity contribution in [1.29, 1.82) is 0 Å². The lowest BCUT2D eigenvalue weighted by atomic mass is 10.1. The van der Waals surface area contributed by atoms with E-state index in [1.54, 1.807) is 0 Å². The van der Waals surface area contributed by atoms with Crippen LogP contribution in [0.5, 0.6) is 0 Å². The zero-order valence-electron chi connectivity index (χ0n) is 7.38. The molecular weight excluding hydrogens is 158 g/mol. The Kier molecular flexibility index (Phi) is 1.78. The molecule has 64 valence electrons. The molecule has 0 fully saturated rings. The zero-order chi connectivity index (χ0) is 9.26. The fourth-order valence-corrected chi connectivity index (χ4v) is 1.37. The highest BCUT2D eigenvalue weighted by Gasteiger charge is 1.97. The first kappa shape index (κ1) is 7.87. The molecule has 1 nitrogen and oxygen atoms in total. The largest absolute Gasteiger partial charge is 0.361 e. The van der Waals surface area contributed by atoms with Crippen LogP contribution < -0.4 is 10.4 Å². The van der Waals surface area contributed by atoms with E-state index in [-0.39, 0.29) is 0 Å². The highest BCUT2D eigenvalue weighted by molar-refractivity contribution is 5.60. The van der Waals surface area contributed by atoms with Gasteiger partial charge in [-0.05, 0) is 28.6 Å². The third kappa shape index (κ3) is 1.41. The van der Waals surface area contributed by atoms with Crippen LogP contribution in [0, 0.1) is 0 Å². The Hall–Kier alpha value is -1.76. The molecule has 0 aliphatic carbocycles. The number of aromatic nitrogens is 1. The number of nitrogens with one attached hydrogen (secondary N) is 1. The van der Waals surface area contributed by atoms with Gasteiger partial charge in [-0.25, -0.2) is 0 Å². The van der Waals surface area contributed by atoms with Crippen molar-refractivity contribution in [3.63, 3.8) is 0 Å². The first-order valence-corrected chi connectivity index (χ1v) is 4.19. The van der Waals surface area contributed by atoms with E-state index >= 15 is 0 Å². The van der Waals surface area contributed by atoms with Gasteiger partial charge in [0.2, 0.25) is 0 Å². The normalized spacial score (nSPS) is 10.2. The molecule has 0 spiro atoms. The van der Waals surface area contributed by atoms with Gasteiger partial charge in [0.25, 0.3) is 0 Å². The van der Waals surface area contributed by atoms with Crippen LogP contribution in [0.15, 0.2) is 36.5 Å². The Morgan fingerprint density at radius 2 is 1.92 bits per heavy atom. The summed E-state index contributed by atoms with van der Waals surface area (Å²) in [6.07, 6.45) is 1.91. The summed E-state index contributed by atoms with van der Waals surface area (Å²) in [4.78, 5) is 3.15. The van der Waals surface area contributed by atoms with Crippen LogP contribution >= 0.6 is 0 Å². The second kappa shape index (κ2) is 2.94. The lowest BCUT2D eigenvalue weighted by Gasteiger charge is -1.98. The van der Waals surface area contributed by atoms with Crippen molar-refractivity contribution >= 4 is 13.2 Å². The summed E-state index contributed by atoms with van der Waals surface area (Å²) in [5, 5.41) is 2.03. The van der Waals surface area contributed by atoms with Gasteiger partial charge in [0.1, 0.15) is 0 Å². The van der Waals surface area contributed by atoms with Crippen LogP contribution in [0.1, 0.15) is 0 Å². The van der Waals surface area contributed by atoms with Crippen LogP contribution in [-0.4, -0.2) is 4.98 Å². The van der Waals surface area contributed by atoms with Gasteiger partial charge < -0.3 is 4.98 Å². The Labute approximate surface area is 77.0 Å². The molecule has 2 rings (SSSR count). The summed E-state index contributed by atoms with van der Waals surface area (Å²) in [6, 6.07) is 10.00.